The van der Waals surface area contributed by atoms with Gasteiger partial charge in [0.1, 0.15) is 12.6 Å². The van der Waals surface area contributed by atoms with Gasteiger partial charge in [-0.3, -0.25) is 0 Å². The van der Waals surface area contributed by atoms with E-state index in [1.165, 1.54) is 0 Å². The first-order chi connectivity index (χ1) is 6.61. The Balaban J connectivity index is 2.60. The smallest absolute Gasteiger partial charge is 0.129 e. The predicted molar refractivity (Wildman–Crippen MR) is 58.3 cm³/mol. The van der Waals surface area contributed by atoms with Crippen molar-refractivity contribution in [1.82, 2.24) is 0 Å². The van der Waals surface area contributed by atoms with Crippen molar-refractivity contribution < 1.29 is 10.4 Å². The highest BCUT2D eigenvalue weighted by Crippen LogP contribution is 2.21. The molecule has 1 unspecified atom stereocenters. The lowest BCUT2D eigenvalue weighted by Gasteiger charge is -2.12. The predicted octanol–water partition coefficient (Wildman–Crippen LogP) is 1.35. The molecule has 0 fully saturated rings. The van der Waals surface area contributed by atoms with Crippen LogP contribution in [0.4, 0.5) is 0 Å². The number of rotatable bonds is 4. The van der Waals surface area contributed by atoms with Crippen molar-refractivity contribution in [2.75, 3.05) is 6.54 Å². The van der Waals surface area contributed by atoms with Gasteiger partial charge < -0.3 is 10.4 Å². The molecule has 0 saturated carbocycles. The molecule has 1 rings (SSSR count). The first-order valence-corrected chi connectivity index (χ1v) is 5.25. The molecule has 0 aliphatic rings. The third-order valence-electron chi connectivity index (χ3n) is 2.09. The molecule has 1 atom stereocenters. The fourth-order valence-electron chi connectivity index (χ4n) is 1.27. The van der Waals surface area contributed by atoms with Gasteiger partial charge in [0.15, 0.2) is 0 Å². The lowest BCUT2D eigenvalue weighted by Crippen LogP contribution is -2.89. The van der Waals surface area contributed by atoms with Gasteiger partial charge in [0.2, 0.25) is 0 Å². The van der Waals surface area contributed by atoms with Crippen LogP contribution in [0.3, 0.4) is 0 Å². The van der Waals surface area contributed by atoms with Crippen LogP contribution in [0.2, 0.25) is 5.02 Å². The third-order valence-corrected chi connectivity index (χ3v) is 2.44. The molecule has 0 spiro atoms. The van der Waals surface area contributed by atoms with Crippen LogP contribution in [0.15, 0.2) is 24.3 Å². The van der Waals surface area contributed by atoms with Gasteiger partial charge >= 0.3 is 0 Å². The normalized spacial score (nSPS) is 13.2. The fraction of sp³-hybridized carbons (Fsp3) is 0.455. The van der Waals surface area contributed by atoms with Gasteiger partial charge in [-0.1, -0.05) is 29.8 Å². The summed E-state index contributed by atoms with van der Waals surface area (Å²) in [4.78, 5) is 0. The minimum Gasteiger partial charge on any atom is -0.382 e. The Kier molecular flexibility index (Phi) is 4.39. The minimum absolute atomic E-state index is 0.480. The minimum atomic E-state index is -0.480. The van der Waals surface area contributed by atoms with Crippen molar-refractivity contribution >= 4 is 11.6 Å². The Morgan fingerprint density at radius 1 is 1.36 bits per heavy atom. The van der Waals surface area contributed by atoms with Crippen molar-refractivity contribution in [2.45, 2.75) is 26.0 Å². The summed E-state index contributed by atoms with van der Waals surface area (Å²) in [5, 5.41) is 12.6. The van der Waals surface area contributed by atoms with Gasteiger partial charge in [0.25, 0.3) is 0 Å². The van der Waals surface area contributed by atoms with Gasteiger partial charge in [0, 0.05) is 10.6 Å². The van der Waals surface area contributed by atoms with Crippen molar-refractivity contribution in [3.63, 3.8) is 0 Å². The van der Waals surface area contributed by atoms with E-state index in [1.807, 2.05) is 18.2 Å². The van der Waals surface area contributed by atoms with E-state index < -0.39 is 6.10 Å². The zero-order chi connectivity index (χ0) is 10.6. The second-order valence-corrected chi connectivity index (χ2v) is 4.16. The molecule has 0 amide bonds. The molecular formula is C11H17ClNO+. The lowest BCUT2D eigenvalue weighted by atomic mass is 10.1. The highest BCUT2D eigenvalue weighted by molar-refractivity contribution is 6.31. The van der Waals surface area contributed by atoms with Crippen molar-refractivity contribution in [3.8, 4) is 0 Å². The third kappa shape index (κ3) is 3.29. The maximum Gasteiger partial charge on any atom is 0.129 e. The largest absolute Gasteiger partial charge is 0.382 e. The van der Waals surface area contributed by atoms with Crippen LogP contribution in [0.5, 0.6) is 0 Å². The Labute approximate surface area is 89.9 Å². The highest BCUT2D eigenvalue weighted by Gasteiger charge is 2.12. The van der Waals surface area contributed by atoms with Crippen LogP contribution in [0.25, 0.3) is 0 Å². The monoisotopic (exact) mass is 214 g/mol. The fourth-order valence-corrected chi connectivity index (χ4v) is 1.54. The Morgan fingerprint density at radius 2 is 2.00 bits per heavy atom. The van der Waals surface area contributed by atoms with Crippen LogP contribution >= 0.6 is 11.6 Å². The molecule has 78 valence electrons. The molecule has 0 saturated heterocycles. The Morgan fingerprint density at radius 3 is 2.57 bits per heavy atom. The maximum absolute atomic E-state index is 9.83. The molecule has 0 radical (unpaired) electrons. The molecule has 0 aliphatic carbocycles. The van der Waals surface area contributed by atoms with Crippen LogP contribution in [0.1, 0.15) is 25.5 Å². The Hall–Kier alpha value is -0.570. The second kappa shape index (κ2) is 5.35. The number of aliphatic hydroxyl groups is 1. The maximum atomic E-state index is 9.83. The Bertz CT molecular complexity index is 288. The summed E-state index contributed by atoms with van der Waals surface area (Å²) in [5.41, 5.74) is 0.811. The molecule has 1 aromatic rings. The molecule has 2 nitrogen and oxygen atoms in total. The molecule has 1 aromatic carbocycles. The van der Waals surface area contributed by atoms with Crippen molar-refractivity contribution in [1.29, 1.82) is 0 Å². The molecule has 0 aliphatic heterocycles. The zero-order valence-corrected chi connectivity index (χ0v) is 9.33. The van der Waals surface area contributed by atoms with Crippen LogP contribution < -0.4 is 5.32 Å². The highest BCUT2D eigenvalue weighted by atomic mass is 35.5. The van der Waals surface area contributed by atoms with E-state index >= 15 is 0 Å². The average Bonchev–Trinajstić information content (AvgIpc) is 2.15. The van der Waals surface area contributed by atoms with Gasteiger partial charge in [-0.15, -0.1) is 0 Å². The average molecular weight is 215 g/mol. The topological polar surface area (TPSA) is 36.8 Å². The van der Waals surface area contributed by atoms with E-state index in [9.17, 15) is 5.11 Å². The number of quaternary nitrogens is 1. The van der Waals surface area contributed by atoms with Crippen molar-refractivity contribution in [3.05, 3.63) is 34.9 Å². The van der Waals surface area contributed by atoms with Gasteiger partial charge in [-0.25, -0.2) is 0 Å². The lowest BCUT2D eigenvalue weighted by molar-refractivity contribution is -0.689. The molecule has 0 heterocycles. The van der Waals surface area contributed by atoms with E-state index in [0.29, 0.717) is 17.6 Å². The van der Waals surface area contributed by atoms with E-state index in [4.69, 9.17) is 11.6 Å². The van der Waals surface area contributed by atoms with Gasteiger partial charge in [0.05, 0.1) is 6.04 Å². The molecule has 3 heteroatoms. The number of hydrogen-bond donors (Lipinski definition) is 2. The summed E-state index contributed by atoms with van der Waals surface area (Å²) in [5.74, 6) is 0. The van der Waals surface area contributed by atoms with Gasteiger partial charge in [-0.05, 0) is 19.9 Å². The molecule has 0 bridgehead atoms. The summed E-state index contributed by atoms with van der Waals surface area (Å²) in [7, 11) is 0. The number of nitrogens with two attached hydrogens (primary N) is 1. The summed E-state index contributed by atoms with van der Waals surface area (Å²) in [6.45, 7) is 4.85. The summed E-state index contributed by atoms with van der Waals surface area (Å²) in [6, 6.07) is 7.91. The number of aliphatic hydroxyl groups excluding tert-OH is 1. The summed E-state index contributed by atoms with van der Waals surface area (Å²) in [6.07, 6.45) is -0.480. The molecule has 14 heavy (non-hydrogen) atoms. The van der Waals surface area contributed by atoms with E-state index in [2.05, 4.69) is 19.2 Å². The number of hydrogen-bond acceptors (Lipinski definition) is 1. The SMILES string of the molecule is CC(C)[NH2+]CC(O)c1ccccc1Cl. The number of benzene rings is 1. The quantitative estimate of drug-likeness (QED) is 0.780. The molecule has 3 N–H and O–H groups in total. The molecule has 0 aromatic heterocycles. The van der Waals surface area contributed by atoms with E-state index in [0.717, 1.165) is 5.56 Å². The number of halogens is 1. The molecular weight excluding hydrogens is 198 g/mol. The summed E-state index contributed by atoms with van der Waals surface area (Å²) >= 11 is 5.96. The van der Waals surface area contributed by atoms with Crippen LogP contribution in [-0.4, -0.2) is 17.7 Å². The van der Waals surface area contributed by atoms with E-state index in [-0.39, 0.29) is 0 Å². The first kappa shape index (κ1) is 11.5. The van der Waals surface area contributed by atoms with E-state index in [1.54, 1.807) is 6.07 Å². The van der Waals surface area contributed by atoms with Gasteiger partial charge in [-0.2, -0.15) is 0 Å². The zero-order valence-electron chi connectivity index (χ0n) is 8.57. The van der Waals surface area contributed by atoms with Crippen LogP contribution in [-0.2, 0) is 0 Å². The standard InChI is InChI=1S/C11H16ClNO/c1-8(2)13-7-11(14)9-5-3-4-6-10(9)12/h3-6,8,11,13-14H,7H2,1-2H3/p+1. The van der Waals surface area contributed by atoms with Crippen molar-refractivity contribution in [2.24, 2.45) is 0 Å². The second-order valence-electron chi connectivity index (χ2n) is 3.75. The van der Waals surface area contributed by atoms with Crippen LogP contribution in [0, 0.1) is 0 Å². The first-order valence-electron chi connectivity index (χ1n) is 4.87. The summed E-state index contributed by atoms with van der Waals surface area (Å²) < 4.78 is 0.